The second-order valence-corrected chi connectivity index (χ2v) is 10.1. The Kier molecular flexibility index (Phi) is 7.70. The smallest absolute Gasteiger partial charge is 0.270 e. The van der Waals surface area contributed by atoms with E-state index in [2.05, 4.69) is 15.9 Å². The van der Waals surface area contributed by atoms with Crippen molar-refractivity contribution >= 4 is 61.9 Å². The maximum Gasteiger partial charge on any atom is 0.270 e. The number of thioether (sulfide) groups is 1. The zero-order chi connectivity index (χ0) is 24.2. The van der Waals surface area contributed by atoms with Crippen molar-refractivity contribution < 1.29 is 18.7 Å². The van der Waals surface area contributed by atoms with E-state index >= 15 is 0 Å². The molecule has 0 atom stereocenters. The zero-order valence-corrected chi connectivity index (χ0v) is 21.7. The first-order chi connectivity index (χ1) is 16.4. The molecule has 1 amide bonds. The Labute approximate surface area is 215 Å². The summed E-state index contributed by atoms with van der Waals surface area (Å²) in [5.41, 5.74) is 3.41. The summed E-state index contributed by atoms with van der Waals surface area (Å²) in [5, 5.41) is 0. The van der Waals surface area contributed by atoms with Crippen molar-refractivity contribution in [3.8, 4) is 11.5 Å². The van der Waals surface area contributed by atoms with E-state index in [0.717, 1.165) is 22.4 Å². The highest BCUT2D eigenvalue weighted by Gasteiger charge is 2.33. The Hall–Kier alpha value is -2.68. The van der Waals surface area contributed by atoms with Gasteiger partial charge in [-0.25, -0.2) is 4.39 Å². The minimum absolute atomic E-state index is 0.161. The predicted octanol–water partition coefficient (Wildman–Crippen LogP) is 7.28. The van der Waals surface area contributed by atoms with E-state index in [4.69, 9.17) is 21.7 Å². The van der Waals surface area contributed by atoms with Crippen LogP contribution in [0.3, 0.4) is 0 Å². The fourth-order valence-corrected chi connectivity index (χ4v) is 5.29. The lowest BCUT2D eigenvalue weighted by molar-refractivity contribution is -0.113. The van der Waals surface area contributed by atoms with E-state index in [1.54, 1.807) is 23.1 Å². The molecule has 0 bridgehead atoms. The van der Waals surface area contributed by atoms with Gasteiger partial charge in [-0.3, -0.25) is 9.69 Å². The number of aryl methyl sites for hydroxylation is 1. The second-order valence-electron chi connectivity index (χ2n) is 7.53. The number of hydrogen-bond acceptors (Lipinski definition) is 5. The third-order valence-corrected chi connectivity index (χ3v) is 6.87. The lowest BCUT2D eigenvalue weighted by Crippen LogP contribution is -2.27. The summed E-state index contributed by atoms with van der Waals surface area (Å²) in [6, 6.07) is 17.5. The molecule has 0 unspecified atom stereocenters. The maximum absolute atomic E-state index is 13.2. The molecule has 3 aromatic rings. The lowest BCUT2D eigenvalue weighted by Gasteiger charge is -2.15. The quantitative estimate of drug-likeness (QED) is 0.225. The number of rotatable bonds is 7. The molecular formula is C26H21BrFNO3S2. The number of thiocarbonyl (C=S) groups is 1. The fraction of sp³-hybridized carbons (Fsp3) is 0.154. The maximum atomic E-state index is 13.2. The number of halogens is 2. The van der Waals surface area contributed by atoms with Crippen molar-refractivity contribution in [2.45, 2.75) is 20.5 Å². The molecule has 0 aromatic heterocycles. The molecule has 1 heterocycles. The van der Waals surface area contributed by atoms with E-state index in [-0.39, 0.29) is 18.3 Å². The number of benzene rings is 3. The second kappa shape index (κ2) is 10.7. The van der Waals surface area contributed by atoms with Crippen molar-refractivity contribution in [3.05, 3.63) is 92.5 Å². The van der Waals surface area contributed by atoms with Gasteiger partial charge < -0.3 is 9.47 Å². The van der Waals surface area contributed by atoms with Gasteiger partial charge in [0.15, 0.2) is 15.8 Å². The molecule has 1 aliphatic rings. The Morgan fingerprint density at radius 1 is 1.12 bits per heavy atom. The molecule has 1 saturated heterocycles. The van der Waals surface area contributed by atoms with Crippen molar-refractivity contribution in [3.63, 3.8) is 0 Å². The zero-order valence-electron chi connectivity index (χ0n) is 18.5. The molecule has 1 fully saturated rings. The third-order valence-electron chi connectivity index (χ3n) is 4.98. The standard InChI is InChI=1S/C26H21BrFNO3S2/c1-3-31-22-13-18(12-21(27)24(22)32-15-17-7-9-19(28)10-8-17)14-23-25(30)29(26(33)34-23)20-6-4-5-16(2)11-20/h4-14H,3,15H2,1-2H3/b23-14+. The number of hydrogen-bond donors (Lipinski definition) is 0. The van der Waals surface area contributed by atoms with E-state index in [1.165, 1.54) is 23.9 Å². The van der Waals surface area contributed by atoms with Crippen molar-refractivity contribution in [2.24, 2.45) is 0 Å². The van der Waals surface area contributed by atoms with Crippen LogP contribution in [0.4, 0.5) is 10.1 Å². The van der Waals surface area contributed by atoms with Crippen LogP contribution in [0.15, 0.2) is 70.0 Å². The van der Waals surface area contributed by atoms with Gasteiger partial charge in [-0.1, -0.05) is 48.2 Å². The largest absolute Gasteiger partial charge is 0.490 e. The van der Waals surface area contributed by atoms with Crippen molar-refractivity contribution in [2.75, 3.05) is 11.5 Å². The van der Waals surface area contributed by atoms with Crippen LogP contribution in [0.5, 0.6) is 11.5 Å². The van der Waals surface area contributed by atoms with E-state index in [0.29, 0.717) is 31.8 Å². The van der Waals surface area contributed by atoms with E-state index in [1.807, 2.05) is 50.2 Å². The van der Waals surface area contributed by atoms with Gasteiger partial charge in [0.25, 0.3) is 5.91 Å². The number of ether oxygens (including phenoxy) is 2. The van der Waals surface area contributed by atoms with Crippen LogP contribution in [0, 0.1) is 12.7 Å². The van der Waals surface area contributed by atoms with Gasteiger partial charge in [-0.05, 0) is 88.9 Å². The Balaban J connectivity index is 1.60. The van der Waals surface area contributed by atoms with Crippen LogP contribution in [0.2, 0.25) is 0 Å². The summed E-state index contributed by atoms with van der Waals surface area (Å²) in [4.78, 5) is 15.2. The van der Waals surface area contributed by atoms with E-state index in [9.17, 15) is 9.18 Å². The molecule has 0 radical (unpaired) electrons. The molecule has 3 aromatic carbocycles. The third kappa shape index (κ3) is 5.51. The first-order valence-electron chi connectivity index (χ1n) is 10.5. The first kappa shape index (κ1) is 24.4. The topological polar surface area (TPSA) is 38.8 Å². The molecule has 4 rings (SSSR count). The average molecular weight is 558 g/mol. The van der Waals surface area contributed by atoms with Crippen LogP contribution < -0.4 is 14.4 Å². The normalized spacial score (nSPS) is 14.7. The molecule has 0 spiro atoms. The monoisotopic (exact) mass is 557 g/mol. The Bertz CT molecular complexity index is 1280. The summed E-state index contributed by atoms with van der Waals surface area (Å²) in [6.07, 6.45) is 1.80. The van der Waals surface area contributed by atoms with Crippen LogP contribution in [-0.4, -0.2) is 16.8 Å². The number of nitrogens with zero attached hydrogens (tertiary/aromatic N) is 1. The summed E-state index contributed by atoms with van der Waals surface area (Å²) < 4.78 is 26.1. The summed E-state index contributed by atoms with van der Waals surface area (Å²) in [7, 11) is 0. The summed E-state index contributed by atoms with van der Waals surface area (Å²) in [6.45, 7) is 4.56. The van der Waals surface area contributed by atoms with Crippen LogP contribution in [0.1, 0.15) is 23.6 Å². The highest BCUT2D eigenvalue weighted by atomic mass is 79.9. The number of carbonyl (C=O) groups is 1. The molecule has 8 heteroatoms. The van der Waals surface area contributed by atoms with Gasteiger partial charge >= 0.3 is 0 Å². The molecule has 174 valence electrons. The molecular weight excluding hydrogens is 537 g/mol. The predicted molar refractivity (Wildman–Crippen MR) is 143 cm³/mol. The molecule has 34 heavy (non-hydrogen) atoms. The van der Waals surface area contributed by atoms with Gasteiger partial charge in [0, 0.05) is 0 Å². The highest BCUT2D eigenvalue weighted by Crippen LogP contribution is 2.40. The molecule has 0 saturated carbocycles. The fourth-order valence-electron chi connectivity index (χ4n) is 3.42. The minimum atomic E-state index is -0.294. The molecule has 4 nitrogen and oxygen atoms in total. The van der Waals surface area contributed by atoms with Gasteiger partial charge in [0.2, 0.25) is 0 Å². The van der Waals surface area contributed by atoms with Crippen LogP contribution in [-0.2, 0) is 11.4 Å². The summed E-state index contributed by atoms with van der Waals surface area (Å²) in [5.74, 6) is 0.624. The number of amides is 1. The lowest BCUT2D eigenvalue weighted by atomic mass is 10.1. The Morgan fingerprint density at radius 3 is 2.59 bits per heavy atom. The van der Waals surface area contributed by atoms with Crippen molar-refractivity contribution in [1.29, 1.82) is 0 Å². The highest BCUT2D eigenvalue weighted by molar-refractivity contribution is 9.10. The SMILES string of the molecule is CCOc1cc(/C=C2/SC(=S)N(c3cccc(C)c3)C2=O)cc(Br)c1OCc1ccc(F)cc1. The van der Waals surface area contributed by atoms with Crippen LogP contribution >= 0.6 is 39.9 Å². The van der Waals surface area contributed by atoms with Gasteiger partial charge in [0.1, 0.15) is 12.4 Å². The molecule has 0 N–H and O–H groups in total. The minimum Gasteiger partial charge on any atom is -0.490 e. The van der Waals surface area contributed by atoms with Crippen molar-refractivity contribution in [1.82, 2.24) is 0 Å². The number of anilines is 1. The molecule has 0 aliphatic carbocycles. The van der Waals surface area contributed by atoms with E-state index < -0.39 is 0 Å². The molecule has 1 aliphatic heterocycles. The first-order valence-corrected chi connectivity index (χ1v) is 12.6. The van der Waals surface area contributed by atoms with Crippen LogP contribution in [0.25, 0.3) is 6.08 Å². The number of carbonyl (C=O) groups excluding carboxylic acids is 1. The van der Waals surface area contributed by atoms with Gasteiger partial charge in [-0.2, -0.15) is 0 Å². The van der Waals surface area contributed by atoms with Gasteiger partial charge in [0.05, 0.1) is 21.7 Å². The summed E-state index contributed by atoms with van der Waals surface area (Å²) >= 11 is 10.3. The Morgan fingerprint density at radius 2 is 1.88 bits per heavy atom. The average Bonchev–Trinajstić information content (AvgIpc) is 3.07. The van der Waals surface area contributed by atoms with Gasteiger partial charge in [-0.15, -0.1) is 0 Å².